The number of halogens is 1. The summed E-state index contributed by atoms with van der Waals surface area (Å²) in [7, 11) is 1.57. The number of benzene rings is 1. The van der Waals surface area contributed by atoms with Crippen molar-refractivity contribution >= 4 is 16.9 Å². The van der Waals surface area contributed by atoms with Gasteiger partial charge >= 0.3 is 0 Å². The number of rotatable bonds is 8. The van der Waals surface area contributed by atoms with Crippen LogP contribution in [0.25, 0.3) is 16.7 Å². The molecule has 2 heterocycles. The smallest absolute Gasteiger partial charge is 0.220 e. The molecule has 2 aromatic heterocycles. The van der Waals surface area contributed by atoms with Crippen molar-refractivity contribution < 1.29 is 13.9 Å². The van der Waals surface area contributed by atoms with Crippen molar-refractivity contribution in [2.45, 2.75) is 47.0 Å². The van der Waals surface area contributed by atoms with Gasteiger partial charge in [0.2, 0.25) is 11.8 Å². The van der Waals surface area contributed by atoms with Gasteiger partial charge in [-0.25, -0.2) is 9.07 Å². The van der Waals surface area contributed by atoms with Crippen molar-refractivity contribution in [1.29, 1.82) is 0 Å². The Morgan fingerprint density at radius 3 is 2.73 bits per heavy atom. The molecular formula is C23H29FN4O2. The van der Waals surface area contributed by atoms with Gasteiger partial charge in [0, 0.05) is 23.9 Å². The molecule has 0 spiro atoms. The van der Waals surface area contributed by atoms with E-state index in [1.807, 2.05) is 13.8 Å². The molecule has 0 atom stereocenters. The van der Waals surface area contributed by atoms with E-state index in [1.54, 1.807) is 23.9 Å². The number of fused-ring (bicyclic) bond motifs is 1. The van der Waals surface area contributed by atoms with Gasteiger partial charge in [-0.15, -0.1) is 0 Å². The first-order valence-electron chi connectivity index (χ1n) is 10.3. The van der Waals surface area contributed by atoms with E-state index in [1.165, 1.54) is 12.1 Å². The van der Waals surface area contributed by atoms with Gasteiger partial charge in [-0.3, -0.25) is 4.79 Å². The summed E-state index contributed by atoms with van der Waals surface area (Å²) in [6.07, 6.45) is 1.84. The van der Waals surface area contributed by atoms with Crippen LogP contribution in [0.1, 0.15) is 43.5 Å². The predicted molar refractivity (Wildman–Crippen MR) is 116 cm³/mol. The van der Waals surface area contributed by atoms with E-state index in [9.17, 15) is 9.18 Å². The number of nitrogens with one attached hydrogen (secondary N) is 1. The Morgan fingerprint density at radius 1 is 1.30 bits per heavy atom. The maximum Gasteiger partial charge on any atom is 0.220 e. The minimum absolute atomic E-state index is 0.0179. The number of carbonyl (C=O) groups excluding carboxylic acids is 1. The van der Waals surface area contributed by atoms with E-state index in [-0.39, 0.29) is 11.7 Å². The zero-order valence-electron chi connectivity index (χ0n) is 18.3. The van der Waals surface area contributed by atoms with Crippen LogP contribution in [0, 0.1) is 25.6 Å². The van der Waals surface area contributed by atoms with E-state index in [4.69, 9.17) is 4.74 Å². The second-order valence-electron chi connectivity index (χ2n) is 7.93. The largest absolute Gasteiger partial charge is 0.481 e. The number of hydrogen-bond acceptors (Lipinski definition) is 4. The average molecular weight is 413 g/mol. The number of aryl methyl sites for hydroxylation is 2. The van der Waals surface area contributed by atoms with E-state index in [2.05, 4.69) is 29.2 Å². The molecule has 6 nitrogen and oxygen atoms in total. The van der Waals surface area contributed by atoms with Crippen molar-refractivity contribution in [3.8, 4) is 11.6 Å². The van der Waals surface area contributed by atoms with Crippen molar-refractivity contribution in [2.24, 2.45) is 5.92 Å². The highest BCUT2D eigenvalue weighted by Gasteiger charge is 2.20. The van der Waals surface area contributed by atoms with E-state index in [0.717, 1.165) is 28.6 Å². The summed E-state index contributed by atoms with van der Waals surface area (Å²) in [6.45, 7) is 8.84. The van der Waals surface area contributed by atoms with Crippen LogP contribution >= 0.6 is 0 Å². The molecule has 1 aromatic carbocycles. The summed E-state index contributed by atoms with van der Waals surface area (Å²) >= 11 is 0. The van der Waals surface area contributed by atoms with Gasteiger partial charge in [-0.1, -0.05) is 19.9 Å². The number of aromatic nitrogens is 3. The van der Waals surface area contributed by atoms with Gasteiger partial charge in [0.15, 0.2) is 5.65 Å². The van der Waals surface area contributed by atoms with E-state index >= 15 is 0 Å². The SMILES string of the molecule is COc1nc2c(c(C)nn2-c2cccc(F)c2)c(C)c1CCC(=O)NCCC(C)C. The molecule has 0 bridgehead atoms. The third-order valence-electron chi connectivity index (χ3n) is 5.22. The Labute approximate surface area is 176 Å². The van der Waals surface area contributed by atoms with Crippen molar-refractivity contribution in [1.82, 2.24) is 20.1 Å². The van der Waals surface area contributed by atoms with Crippen molar-refractivity contribution in [3.05, 3.63) is 46.9 Å². The van der Waals surface area contributed by atoms with E-state index < -0.39 is 0 Å². The highest BCUT2D eigenvalue weighted by Crippen LogP contribution is 2.31. The average Bonchev–Trinajstić information content (AvgIpc) is 3.03. The molecule has 0 aliphatic carbocycles. The van der Waals surface area contributed by atoms with Crippen molar-refractivity contribution in [3.63, 3.8) is 0 Å². The number of hydrogen-bond donors (Lipinski definition) is 1. The highest BCUT2D eigenvalue weighted by atomic mass is 19.1. The van der Waals surface area contributed by atoms with Gasteiger partial charge in [-0.05, 0) is 56.4 Å². The number of methoxy groups -OCH3 is 1. The molecule has 7 heteroatoms. The fourth-order valence-electron chi connectivity index (χ4n) is 3.61. The second kappa shape index (κ2) is 9.24. The Bertz CT molecular complexity index is 1060. The molecule has 0 aliphatic heterocycles. The van der Waals surface area contributed by atoms with Crippen LogP contribution in [0.4, 0.5) is 4.39 Å². The Balaban J connectivity index is 1.92. The molecule has 0 unspecified atom stereocenters. The molecule has 160 valence electrons. The van der Waals surface area contributed by atoms with Crippen LogP contribution in [0.5, 0.6) is 5.88 Å². The van der Waals surface area contributed by atoms with Crippen LogP contribution in [-0.4, -0.2) is 34.3 Å². The standard InChI is InChI=1S/C23H29FN4O2/c1-14(2)11-12-25-20(29)10-9-19-15(3)21-16(4)27-28(22(21)26-23(19)30-5)18-8-6-7-17(24)13-18/h6-8,13-14H,9-12H2,1-5H3,(H,25,29). The molecule has 0 saturated heterocycles. The highest BCUT2D eigenvalue weighted by molar-refractivity contribution is 5.85. The van der Waals surface area contributed by atoms with Gasteiger partial charge in [0.05, 0.1) is 18.5 Å². The fraction of sp³-hybridized carbons (Fsp3) is 0.435. The maximum atomic E-state index is 13.7. The zero-order valence-corrected chi connectivity index (χ0v) is 18.3. The minimum atomic E-state index is -0.336. The summed E-state index contributed by atoms with van der Waals surface area (Å²) in [5.41, 5.74) is 3.87. The van der Waals surface area contributed by atoms with Crippen LogP contribution in [0.3, 0.4) is 0 Å². The quantitative estimate of drug-likeness (QED) is 0.600. The van der Waals surface area contributed by atoms with Crippen LogP contribution < -0.4 is 10.1 Å². The lowest BCUT2D eigenvalue weighted by Gasteiger charge is -2.13. The maximum absolute atomic E-state index is 13.7. The number of ether oxygens (including phenoxy) is 1. The molecule has 1 N–H and O–H groups in total. The lowest BCUT2D eigenvalue weighted by atomic mass is 10.0. The summed E-state index contributed by atoms with van der Waals surface area (Å²) in [4.78, 5) is 16.9. The predicted octanol–water partition coefficient (Wildman–Crippen LogP) is 4.28. The monoisotopic (exact) mass is 412 g/mol. The first-order valence-corrected chi connectivity index (χ1v) is 10.3. The molecule has 30 heavy (non-hydrogen) atoms. The van der Waals surface area contributed by atoms with Crippen LogP contribution in [0.15, 0.2) is 24.3 Å². The van der Waals surface area contributed by atoms with Gasteiger partial charge in [0.25, 0.3) is 0 Å². The van der Waals surface area contributed by atoms with Crippen LogP contribution in [-0.2, 0) is 11.2 Å². The third kappa shape index (κ3) is 4.61. The van der Waals surface area contributed by atoms with Gasteiger partial charge in [0.1, 0.15) is 5.82 Å². The van der Waals surface area contributed by atoms with Gasteiger partial charge in [-0.2, -0.15) is 10.1 Å². The normalized spacial score (nSPS) is 11.3. The Kier molecular flexibility index (Phi) is 6.70. The fourth-order valence-corrected chi connectivity index (χ4v) is 3.61. The first-order chi connectivity index (χ1) is 14.3. The lowest BCUT2D eigenvalue weighted by molar-refractivity contribution is -0.121. The molecular weight excluding hydrogens is 383 g/mol. The Morgan fingerprint density at radius 2 is 2.07 bits per heavy atom. The molecule has 0 radical (unpaired) electrons. The topological polar surface area (TPSA) is 69.0 Å². The lowest BCUT2D eigenvalue weighted by Crippen LogP contribution is -2.25. The van der Waals surface area contributed by atoms with Crippen LogP contribution in [0.2, 0.25) is 0 Å². The molecule has 3 aromatic rings. The molecule has 1 amide bonds. The molecule has 3 rings (SSSR count). The minimum Gasteiger partial charge on any atom is -0.481 e. The van der Waals surface area contributed by atoms with Gasteiger partial charge < -0.3 is 10.1 Å². The summed E-state index contributed by atoms with van der Waals surface area (Å²) < 4.78 is 20.9. The second-order valence-corrected chi connectivity index (χ2v) is 7.93. The molecule has 0 aliphatic rings. The number of amides is 1. The van der Waals surface area contributed by atoms with E-state index in [0.29, 0.717) is 42.5 Å². The van der Waals surface area contributed by atoms with Crippen molar-refractivity contribution in [2.75, 3.05) is 13.7 Å². The molecule has 0 fully saturated rings. The third-order valence-corrected chi connectivity index (χ3v) is 5.22. The zero-order chi connectivity index (χ0) is 21.8. The summed E-state index contributed by atoms with van der Waals surface area (Å²) in [5, 5.41) is 8.45. The number of carbonyl (C=O) groups is 1. The Hall–Kier alpha value is -2.96. The summed E-state index contributed by atoms with van der Waals surface area (Å²) in [6, 6.07) is 6.24. The molecule has 0 saturated carbocycles. The number of nitrogens with zero attached hydrogens (tertiary/aromatic N) is 3. The number of pyridine rings is 1. The summed E-state index contributed by atoms with van der Waals surface area (Å²) in [5.74, 6) is 0.700. The first kappa shape index (κ1) is 21.7.